The molecule has 6 nitrogen and oxygen atoms in total. The molecule has 6 heteroatoms. The van der Waals surface area contributed by atoms with Crippen LogP contribution in [0.3, 0.4) is 0 Å². The van der Waals surface area contributed by atoms with Crippen LogP contribution in [0.4, 0.5) is 0 Å². The number of benzene rings is 2. The van der Waals surface area contributed by atoms with E-state index in [1.54, 1.807) is 6.07 Å². The van der Waals surface area contributed by atoms with E-state index >= 15 is 0 Å². The zero-order chi connectivity index (χ0) is 27.8. The molecule has 0 saturated heterocycles. The molecule has 0 aromatic heterocycles. The summed E-state index contributed by atoms with van der Waals surface area (Å²) in [5.41, 5.74) is 3.99. The second-order valence-electron chi connectivity index (χ2n) is 10.4. The minimum atomic E-state index is -0.935. The summed E-state index contributed by atoms with van der Waals surface area (Å²) in [6, 6.07) is 10.0. The molecule has 0 fully saturated rings. The number of phenolic OH excluding ortho intramolecular Hbond substituents is 2. The van der Waals surface area contributed by atoms with E-state index in [2.05, 4.69) is 24.9 Å². The van der Waals surface area contributed by atoms with Crippen molar-refractivity contribution in [2.45, 2.75) is 77.7 Å². The van der Waals surface area contributed by atoms with Crippen LogP contribution in [0.15, 0.2) is 60.2 Å². The Balaban J connectivity index is 2.07. The summed E-state index contributed by atoms with van der Waals surface area (Å²) >= 11 is 0. The molecule has 2 aromatic carbocycles. The van der Waals surface area contributed by atoms with Gasteiger partial charge in [0.1, 0.15) is 17.5 Å². The van der Waals surface area contributed by atoms with E-state index in [1.165, 1.54) is 7.11 Å². The standard InChI is InChI=1S/C32H41NO5/c1-6-7-9-14-23-19-27(34)29(25-17-21(4)15-16-24(25)20(2)3)30(35)28(23)31(36)33-26(32(37)38-5)18-22-12-10-8-11-13-22/h8,10-13,17,19,24-26,34-35H,2,6-7,9,14-16,18H2,1,3-5H3,(H,33,36)/t24?,25?,26-/m0/s1. The van der Waals surface area contributed by atoms with Gasteiger partial charge in [0.05, 0.1) is 12.7 Å². The van der Waals surface area contributed by atoms with E-state index in [1.807, 2.05) is 44.2 Å². The van der Waals surface area contributed by atoms with Gasteiger partial charge in [-0.25, -0.2) is 4.79 Å². The van der Waals surface area contributed by atoms with Crippen LogP contribution in [-0.2, 0) is 22.4 Å². The number of ether oxygens (including phenoxy) is 1. The number of aromatic hydroxyl groups is 2. The highest BCUT2D eigenvalue weighted by molar-refractivity contribution is 6.01. The summed E-state index contributed by atoms with van der Waals surface area (Å²) in [6.45, 7) is 10.2. The van der Waals surface area contributed by atoms with Crippen molar-refractivity contribution in [3.05, 3.63) is 82.5 Å². The first-order valence-corrected chi connectivity index (χ1v) is 13.5. The fraction of sp³-hybridized carbons (Fsp3) is 0.438. The number of unbranched alkanes of at least 4 members (excludes halogenated alkanes) is 2. The van der Waals surface area contributed by atoms with Crippen molar-refractivity contribution in [2.24, 2.45) is 5.92 Å². The minimum absolute atomic E-state index is 0.0262. The quantitative estimate of drug-likeness (QED) is 0.182. The van der Waals surface area contributed by atoms with Crippen LogP contribution in [0.1, 0.15) is 85.8 Å². The topological polar surface area (TPSA) is 95.9 Å². The summed E-state index contributed by atoms with van der Waals surface area (Å²) in [4.78, 5) is 26.4. The summed E-state index contributed by atoms with van der Waals surface area (Å²) in [5, 5.41) is 25.6. The molecule has 204 valence electrons. The van der Waals surface area contributed by atoms with E-state index in [4.69, 9.17) is 4.74 Å². The molecule has 0 saturated carbocycles. The number of hydrogen-bond acceptors (Lipinski definition) is 5. The van der Waals surface area contributed by atoms with Crippen molar-refractivity contribution < 1.29 is 24.5 Å². The molecule has 0 spiro atoms. The highest BCUT2D eigenvalue weighted by atomic mass is 16.5. The average Bonchev–Trinajstić information content (AvgIpc) is 2.88. The maximum Gasteiger partial charge on any atom is 0.328 e. The molecule has 0 heterocycles. The van der Waals surface area contributed by atoms with Crippen LogP contribution in [0.5, 0.6) is 11.5 Å². The summed E-state index contributed by atoms with van der Waals surface area (Å²) in [6.07, 6.45) is 7.33. The molecule has 38 heavy (non-hydrogen) atoms. The Morgan fingerprint density at radius 3 is 2.53 bits per heavy atom. The van der Waals surface area contributed by atoms with Crippen LogP contribution < -0.4 is 5.32 Å². The van der Waals surface area contributed by atoms with E-state index in [9.17, 15) is 19.8 Å². The first-order chi connectivity index (χ1) is 18.2. The molecule has 3 N–H and O–H groups in total. The second-order valence-corrected chi connectivity index (χ2v) is 10.4. The van der Waals surface area contributed by atoms with Gasteiger partial charge in [-0.05, 0) is 62.6 Å². The predicted octanol–water partition coefficient (Wildman–Crippen LogP) is 6.36. The minimum Gasteiger partial charge on any atom is -0.507 e. The molecule has 3 atom stereocenters. The number of carbonyl (C=O) groups excluding carboxylic acids is 2. The van der Waals surface area contributed by atoms with Crippen LogP contribution in [0, 0.1) is 5.92 Å². The van der Waals surface area contributed by atoms with E-state index in [-0.39, 0.29) is 35.3 Å². The molecule has 0 bridgehead atoms. The SMILES string of the molecule is C=C(C)C1CCC(C)=CC1c1c(O)cc(CCCCC)c(C(=O)N[C@@H](Cc2ccccc2)C(=O)OC)c1O. The van der Waals surface area contributed by atoms with Gasteiger partial charge in [0.2, 0.25) is 0 Å². The Bertz CT molecular complexity index is 1180. The third-order valence-corrected chi connectivity index (χ3v) is 7.46. The maximum absolute atomic E-state index is 13.8. The van der Waals surface area contributed by atoms with Gasteiger partial charge in [-0.2, -0.15) is 0 Å². The Morgan fingerprint density at radius 1 is 1.18 bits per heavy atom. The lowest BCUT2D eigenvalue weighted by Crippen LogP contribution is -2.43. The van der Waals surface area contributed by atoms with Crippen molar-refractivity contribution in [3.63, 3.8) is 0 Å². The number of hydrogen-bond donors (Lipinski definition) is 3. The number of allylic oxidation sites excluding steroid dienone is 3. The number of aryl methyl sites for hydroxylation is 1. The highest BCUT2D eigenvalue weighted by Crippen LogP contribution is 2.48. The number of rotatable bonds is 11. The van der Waals surface area contributed by atoms with Gasteiger partial charge in [0.25, 0.3) is 5.91 Å². The third kappa shape index (κ3) is 6.85. The average molecular weight is 520 g/mol. The molecule has 2 aromatic rings. The van der Waals surface area contributed by atoms with E-state index in [0.29, 0.717) is 17.5 Å². The number of amides is 1. The van der Waals surface area contributed by atoms with Gasteiger partial charge in [-0.15, -0.1) is 0 Å². The number of carbonyl (C=O) groups is 2. The number of phenols is 2. The van der Waals surface area contributed by atoms with Crippen molar-refractivity contribution in [1.29, 1.82) is 0 Å². The monoisotopic (exact) mass is 519 g/mol. The zero-order valence-electron chi connectivity index (χ0n) is 23.0. The lowest BCUT2D eigenvalue weighted by molar-refractivity contribution is -0.142. The lowest BCUT2D eigenvalue weighted by Gasteiger charge is -2.32. The van der Waals surface area contributed by atoms with Gasteiger partial charge < -0.3 is 20.3 Å². The Morgan fingerprint density at radius 2 is 1.89 bits per heavy atom. The fourth-order valence-electron chi connectivity index (χ4n) is 5.39. The largest absolute Gasteiger partial charge is 0.507 e. The zero-order valence-corrected chi connectivity index (χ0v) is 23.0. The molecular formula is C32H41NO5. The van der Waals surface area contributed by atoms with Crippen LogP contribution in [0.2, 0.25) is 0 Å². The number of methoxy groups -OCH3 is 1. The normalized spacial score (nSPS) is 17.8. The van der Waals surface area contributed by atoms with Gasteiger partial charge in [-0.3, -0.25) is 4.79 Å². The molecule has 0 radical (unpaired) electrons. The maximum atomic E-state index is 13.8. The second kappa shape index (κ2) is 13.3. The van der Waals surface area contributed by atoms with Crippen LogP contribution in [0.25, 0.3) is 0 Å². The molecular weight excluding hydrogens is 478 g/mol. The molecule has 1 aliphatic rings. The number of esters is 1. The van der Waals surface area contributed by atoms with E-state index in [0.717, 1.165) is 48.8 Å². The van der Waals surface area contributed by atoms with Gasteiger partial charge >= 0.3 is 5.97 Å². The smallest absolute Gasteiger partial charge is 0.328 e. The first kappa shape index (κ1) is 29.0. The molecule has 0 aliphatic heterocycles. The third-order valence-electron chi connectivity index (χ3n) is 7.46. The number of nitrogens with one attached hydrogen (secondary N) is 1. The van der Waals surface area contributed by atoms with Crippen molar-refractivity contribution in [1.82, 2.24) is 5.32 Å². The molecule has 1 amide bonds. The van der Waals surface area contributed by atoms with Crippen LogP contribution in [-0.4, -0.2) is 35.2 Å². The van der Waals surface area contributed by atoms with Gasteiger partial charge in [0, 0.05) is 17.9 Å². The predicted molar refractivity (Wildman–Crippen MR) is 150 cm³/mol. The molecule has 2 unspecified atom stereocenters. The fourth-order valence-corrected chi connectivity index (χ4v) is 5.39. The Hall–Kier alpha value is -3.54. The van der Waals surface area contributed by atoms with Crippen molar-refractivity contribution >= 4 is 11.9 Å². The molecule has 3 rings (SSSR count). The van der Waals surface area contributed by atoms with Gasteiger partial charge in [-0.1, -0.05) is 73.9 Å². The van der Waals surface area contributed by atoms with Crippen LogP contribution >= 0.6 is 0 Å². The van der Waals surface area contributed by atoms with Gasteiger partial charge in [0.15, 0.2) is 0 Å². The molecule has 1 aliphatic carbocycles. The lowest BCUT2D eigenvalue weighted by atomic mass is 9.73. The Kier molecular flexibility index (Phi) is 10.2. The first-order valence-electron chi connectivity index (χ1n) is 13.5. The summed E-state index contributed by atoms with van der Waals surface area (Å²) < 4.78 is 4.98. The van der Waals surface area contributed by atoms with Crippen molar-refractivity contribution in [2.75, 3.05) is 7.11 Å². The Labute approximate surface area is 226 Å². The van der Waals surface area contributed by atoms with Crippen molar-refractivity contribution in [3.8, 4) is 11.5 Å². The van der Waals surface area contributed by atoms with E-state index < -0.39 is 17.9 Å². The summed E-state index contributed by atoms with van der Waals surface area (Å²) in [7, 11) is 1.29. The highest BCUT2D eigenvalue weighted by Gasteiger charge is 2.34. The summed E-state index contributed by atoms with van der Waals surface area (Å²) in [5.74, 6) is -1.68.